The van der Waals surface area contributed by atoms with Crippen molar-refractivity contribution in [2.75, 3.05) is 13.1 Å². The monoisotopic (exact) mass is 436 g/mol. The predicted octanol–water partition coefficient (Wildman–Crippen LogP) is 3.42. The number of hydrogen-bond donors (Lipinski definition) is 1. The van der Waals surface area contributed by atoms with Crippen LogP contribution in [0.5, 0.6) is 0 Å². The maximum Gasteiger partial charge on any atom is 0.436 e. The van der Waals surface area contributed by atoms with Gasteiger partial charge in [0.15, 0.2) is 11.4 Å². The summed E-state index contributed by atoms with van der Waals surface area (Å²) in [6.07, 6.45) is -3.26. The molecular weight excluding hydrogens is 421 g/mol. The molecule has 1 atom stereocenters. The largest absolute Gasteiger partial charge is 0.476 e. The van der Waals surface area contributed by atoms with Crippen LogP contribution in [0.25, 0.3) is 0 Å². The summed E-state index contributed by atoms with van der Waals surface area (Å²) in [4.78, 5) is 29.2. The lowest BCUT2D eigenvalue weighted by molar-refractivity contribution is -0.142. The highest BCUT2D eigenvalue weighted by Crippen LogP contribution is 2.35. The van der Waals surface area contributed by atoms with Crippen LogP contribution in [0.4, 0.5) is 13.2 Å². The van der Waals surface area contributed by atoms with E-state index in [-0.39, 0.29) is 29.8 Å². The number of piperidine rings is 1. The molecule has 1 N–H and O–H groups in total. The van der Waals surface area contributed by atoms with Crippen LogP contribution in [0.2, 0.25) is 5.02 Å². The van der Waals surface area contributed by atoms with Gasteiger partial charge in [0, 0.05) is 24.4 Å². The summed E-state index contributed by atoms with van der Waals surface area (Å²) in [6.45, 7) is 1.81. The number of thiazole rings is 1. The summed E-state index contributed by atoms with van der Waals surface area (Å²) in [5.74, 6) is -1.60. The normalized spacial score (nSPS) is 17.8. The molecule has 2 aromatic rings. The van der Waals surface area contributed by atoms with E-state index in [2.05, 4.69) is 10.1 Å². The summed E-state index contributed by atoms with van der Waals surface area (Å²) in [5, 5.41) is 14.0. The third-order valence-electron chi connectivity index (χ3n) is 4.55. The highest BCUT2D eigenvalue weighted by atomic mass is 35.5. The van der Waals surface area contributed by atoms with Crippen LogP contribution in [0.1, 0.15) is 45.6 Å². The molecule has 1 unspecified atom stereocenters. The molecule has 3 heterocycles. The van der Waals surface area contributed by atoms with E-state index in [0.717, 1.165) is 11.1 Å². The number of carbonyl (C=O) groups is 2. The van der Waals surface area contributed by atoms with Gasteiger partial charge in [0.05, 0.1) is 15.7 Å². The van der Waals surface area contributed by atoms with Gasteiger partial charge in [0.2, 0.25) is 5.91 Å². The van der Waals surface area contributed by atoms with E-state index in [4.69, 9.17) is 16.7 Å². The Morgan fingerprint density at radius 1 is 1.43 bits per heavy atom. The van der Waals surface area contributed by atoms with E-state index in [1.54, 1.807) is 0 Å². The molecule has 7 nitrogen and oxygen atoms in total. The maximum absolute atomic E-state index is 12.9. The van der Waals surface area contributed by atoms with Crippen molar-refractivity contribution >= 4 is 34.8 Å². The molecule has 0 spiro atoms. The number of hydrogen-bond acceptors (Lipinski definition) is 5. The number of aromatic carboxylic acids is 1. The van der Waals surface area contributed by atoms with Gasteiger partial charge in [-0.3, -0.25) is 9.48 Å². The molecule has 28 heavy (non-hydrogen) atoms. The topological polar surface area (TPSA) is 88.3 Å². The second-order valence-electron chi connectivity index (χ2n) is 6.46. The second-order valence-corrected chi connectivity index (χ2v) is 7.73. The highest BCUT2D eigenvalue weighted by Gasteiger charge is 2.38. The van der Waals surface area contributed by atoms with E-state index in [0.29, 0.717) is 24.5 Å². The van der Waals surface area contributed by atoms with E-state index in [9.17, 15) is 22.8 Å². The lowest BCUT2D eigenvalue weighted by Crippen LogP contribution is -2.41. The van der Waals surface area contributed by atoms with E-state index in [1.165, 1.54) is 28.5 Å². The number of halogens is 4. The Labute approximate surface area is 166 Å². The zero-order valence-corrected chi connectivity index (χ0v) is 16.2. The SMILES string of the molecule is Cc1c(Cl)c(C(F)(F)F)nn1CC(=O)N1CCCC(c2nc(C(=O)O)cs2)C1. The third-order valence-corrected chi connectivity index (χ3v) is 6.01. The molecule has 1 amide bonds. The number of nitrogens with zero attached hydrogens (tertiary/aromatic N) is 4. The minimum atomic E-state index is -4.70. The molecule has 2 aromatic heterocycles. The van der Waals surface area contributed by atoms with E-state index >= 15 is 0 Å². The predicted molar refractivity (Wildman–Crippen MR) is 94.6 cm³/mol. The van der Waals surface area contributed by atoms with Crippen LogP contribution in [0, 0.1) is 6.92 Å². The minimum absolute atomic E-state index is 0.0371. The molecule has 12 heteroatoms. The van der Waals surface area contributed by atoms with Crippen molar-refractivity contribution in [3.05, 3.63) is 32.5 Å². The van der Waals surface area contributed by atoms with Gasteiger partial charge in [-0.2, -0.15) is 18.3 Å². The van der Waals surface area contributed by atoms with Gasteiger partial charge in [-0.05, 0) is 19.8 Å². The van der Waals surface area contributed by atoms with Crippen LogP contribution >= 0.6 is 22.9 Å². The molecule has 0 saturated carbocycles. The maximum atomic E-state index is 12.9. The lowest BCUT2D eigenvalue weighted by Gasteiger charge is -2.32. The fourth-order valence-electron chi connectivity index (χ4n) is 3.07. The first-order valence-electron chi connectivity index (χ1n) is 8.34. The minimum Gasteiger partial charge on any atom is -0.476 e. The molecule has 1 aliphatic heterocycles. The average Bonchev–Trinajstić information content (AvgIpc) is 3.22. The number of likely N-dealkylation sites (tertiary alicyclic amines) is 1. The van der Waals surface area contributed by atoms with Gasteiger partial charge in [-0.25, -0.2) is 9.78 Å². The Bertz CT molecular complexity index is 912. The second kappa shape index (κ2) is 7.70. The van der Waals surface area contributed by atoms with Crippen LogP contribution in [0.15, 0.2) is 5.38 Å². The van der Waals surface area contributed by atoms with Gasteiger partial charge in [-0.15, -0.1) is 11.3 Å². The number of carbonyl (C=O) groups excluding carboxylic acids is 1. The van der Waals surface area contributed by atoms with Crippen molar-refractivity contribution in [1.29, 1.82) is 0 Å². The van der Waals surface area contributed by atoms with Crippen LogP contribution < -0.4 is 0 Å². The number of aromatic nitrogens is 3. The number of carboxylic acids is 1. The summed E-state index contributed by atoms with van der Waals surface area (Å²) >= 11 is 6.94. The fraction of sp³-hybridized carbons (Fsp3) is 0.500. The first-order valence-corrected chi connectivity index (χ1v) is 9.60. The Morgan fingerprint density at radius 2 is 2.14 bits per heavy atom. The van der Waals surface area contributed by atoms with Crippen LogP contribution in [-0.2, 0) is 17.5 Å². The summed E-state index contributed by atoms with van der Waals surface area (Å²) in [7, 11) is 0. The lowest BCUT2D eigenvalue weighted by atomic mass is 9.98. The van der Waals surface area contributed by atoms with Crippen molar-refractivity contribution in [1.82, 2.24) is 19.7 Å². The Kier molecular flexibility index (Phi) is 5.67. The number of amides is 1. The molecule has 0 aliphatic carbocycles. The first-order chi connectivity index (χ1) is 13.1. The van der Waals surface area contributed by atoms with Gasteiger partial charge >= 0.3 is 12.1 Å². The molecule has 152 valence electrons. The van der Waals surface area contributed by atoms with Gasteiger partial charge in [0.1, 0.15) is 6.54 Å². The van der Waals surface area contributed by atoms with Crippen molar-refractivity contribution in [3.63, 3.8) is 0 Å². The number of carboxylic acid groups (broad SMARTS) is 1. The van der Waals surface area contributed by atoms with Crippen LogP contribution in [0.3, 0.4) is 0 Å². The van der Waals surface area contributed by atoms with Crippen molar-refractivity contribution in [2.45, 2.75) is 38.4 Å². The Balaban J connectivity index is 1.71. The molecule has 0 aromatic carbocycles. The third kappa shape index (κ3) is 4.14. The standard InChI is InChI=1S/C16H16ClF3N4O3S/c1-8-12(17)13(16(18,19)20)22-24(8)6-11(25)23-4-2-3-9(5-23)14-21-10(7-28-14)15(26)27/h7,9H,2-6H2,1H3,(H,26,27). The molecule has 0 radical (unpaired) electrons. The molecule has 3 rings (SSSR count). The van der Waals surface area contributed by atoms with Gasteiger partial charge < -0.3 is 10.0 Å². The van der Waals surface area contributed by atoms with Crippen LogP contribution in [-0.4, -0.2) is 49.7 Å². The summed E-state index contributed by atoms with van der Waals surface area (Å²) in [6, 6.07) is 0. The molecule has 0 bridgehead atoms. The van der Waals surface area contributed by atoms with Gasteiger partial charge in [0.25, 0.3) is 0 Å². The first kappa shape index (κ1) is 20.6. The average molecular weight is 437 g/mol. The Morgan fingerprint density at radius 3 is 2.71 bits per heavy atom. The van der Waals surface area contributed by atoms with Crippen molar-refractivity contribution in [2.24, 2.45) is 0 Å². The summed E-state index contributed by atoms with van der Waals surface area (Å²) < 4.78 is 39.7. The molecule has 1 fully saturated rings. The zero-order chi connectivity index (χ0) is 20.6. The molecular formula is C16H16ClF3N4O3S. The van der Waals surface area contributed by atoms with Crippen molar-refractivity contribution in [3.8, 4) is 0 Å². The van der Waals surface area contributed by atoms with Crippen molar-refractivity contribution < 1.29 is 27.9 Å². The summed E-state index contributed by atoms with van der Waals surface area (Å²) in [5.41, 5.74) is -1.17. The smallest absolute Gasteiger partial charge is 0.436 e. The zero-order valence-electron chi connectivity index (χ0n) is 14.7. The number of alkyl halides is 3. The fourth-order valence-corrected chi connectivity index (χ4v) is 4.23. The van der Waals surface area contributed by atoms with Gasteiger partial charge in [-0.1, -0.05) is 11.6 Å². The molecule has 1 aliphatic rings. The Hall–Kier alpha value is -2.14. The van der Waals surface area contributed by atoms with E-state index in [1.807, 2.05) is 0 Å². The quantitative estimate of drug-likeness (QED) is 0.793. The number of rotatable bonds is 4. The molecule has 1 saturated heterocycles. The highest BCUT2D eigenvalue weighted by molar-refractivity contribution is 7.09. The van der Waals surface area contributed by atoms with E-state index < -0.39 is 22.9 Å².